The summed E-state index contributed by atoms with van der Waals surface area (Å²) in [5.41, 5.74) is 5.48. The van der Waals surface area contributed by atoms with E-state index in [9.17, 15) is 18.8 Å². The van der Waals surface area contributed by atoms with Crippen molar-refractivity contribution in [2.75, 3.05) is 17.2 Å². The smallest absolute Gasteiger partial charge is 0.330 e. The molecule has 1 heterocycles. The number of aromatic amines is 1. The summed E-state index contributed by atoms with van der Waals surface area (Å²) in [5, 5.41) is 0. The summed E-state index contributed by atoms with van der Waals surface area (Å²) in [4.78, 5) is 41.1. The number of nitrogens with one attached hydrogen (secondary N) is 1. The van der Waals surface area contributed by atoms with E-state index in [1.807, 2.05) is 13.8 Å². The number of amides is 1. The molecule has 1 aromatic heterocycles. The molecule has 2 aromatic rings. The Morgan fingerprint density at radius 2 is 1.83 bits per heavy atom. The summed E-state index contributed by atoms with van der Waals surface area (Å²) in [5.74, 6) is -0.834. The molecular formula is C21H27FN4O3. The Labute approximate surface area is 168 Å². The number of aromatic nitrogens is 2. The highest BCUT2D eigenvalue weighted by molar-refractivity contribution is 6.05. The quantitative estimate of drug-likeness (QED) is 0.630. The molecule has 0 aliphatic rings. The van der Waals surface area contributed by atoms with Gasteiger partial charge in [0.1, 0.15) is 11.6 Å². The Morgan fingerprint density at radius 3 is 2.45 bits per heavy atom. The number of rotatable bonds is 9. The lowest BCUT2D eigenvalue weighted by atomic mass is 10.2. The minimum Gasteiger partial charge on any atom is -0.383 e. The number of nitrogens with two attached hydrogens (primary N) is 1. The highest BCUT2D eigenvalue weighted by Gasteiger charge is 2.22. The number of nitrogens with zero attached hydrogens (tertiary/aromatic N) is 2. The highest BCUT2D eigenvalue weighted by atomic mass is 19.1. The summed E-state index contributed by atoms with van der Waals surface area (Å²) >= 11 is 0. The summed E-state index contributed by atoms with van der Waals surface area (Å²) < 4.78 is 14.3. The lowest BCUT2D eigenvalue weighted by Crippen LogP contribution is -2.41. The van der Waals surface area contributed by atoms with Crippen LogP contribution in [0, 0.1) is 5.82 Å². The molecule has 3 N–H and O–H groups in total. The fraction of sp³-hybridized carbons (Fsp3) is 0.381. The molecule has 8 heteroatoms. The van der Waals surface area contributed by atoms with Crippen LogP contribution in [-0.4, -0.2) is 22.0 Å². The molecule has 0 saturated heterocycles. The number of benzene rings is 1. The van der Waals surface area contributed by atoms with E-state index >= 15 is 0 Å². The van der Waals surface area contributed by atoms with Crippen LogP contribution in [0.3, 0.4) is 0 Å². The van der Waals surface area contributed by atoms with Crippen LogP contribution in [0.1, 0.15) is 45.1 Å². The molecule has 1 amide bonds. The fourth-order valence-electron chi connectivity index (χ4n) is 2.86. The van der Waals surface area contributed by atoms with E-state index in [2.05, 4.69) is 4.98 Å². The second kappa shape index (κ2) is 10.4. The van der Waals surface area contributed by atoms with Gasteiger partial charge in [0.05, 0.1) is 0 Å². The van der Waals surface area contributed by atoms with Crippen LogP contribution in [0.2, 0.25) is 0 Å². The molecule has 2 rings (SSSR count). The molecule has 0 atom stereocenters. The predicted molar refractivity (Wildman–Crippen MR) is 113 cm³/mol. The van der Waals surface area contributed by atoms with Gasteiger partial charge in [-0.25, -0.2) is 9.18 Å². The predicted octanol–water partition coefficient (Wildman–Crippen LogP) is 2.90. The van der Waals surface area contributed by atoms with Crippen molar-refractivity contribution in [2.45, 2.75) is 46.1 Å². The van der Waals surface area contributed by atoms with Gasteiger partial charge in [-0.2, -0.15) is 0 Å². The lowest BCUT2D eigenvalue weighted by Gasteiger charge is -2.23. The van der Waals surface area contributed by atoms with Crippen molar-refractivity contribution in [2.24, 2.45) is 0 Å². The third-order valence-corrected chi connectivity index (χ3v) is 4.51. The van der Waals surface area contributed by atoms with Gasteiger partial charge in [-0.1, -0.05) is 38.8 Å². The van der Waals surface area contributed by atoms with Crippen LogP contribution < -0.4 is 21.9 Å². The Morgan fingerprint density at radius 1 is 1.17 bits per heavy atom. The molecule has 0 aliphatic carbocycles. The zero-order valence-electron chi connectivity index (χ0n) is 16.8. The molecule has 0 unspecified atom stereocenters. The first-order valence-electron chi connectivity index (χ1n) is 9.76. The molecular weight excluding hydrogens is 375 g/mol. The average molecular weight is 402 g/mol. The zero-order valence-corrected chi connectivity index (χ0v) is 16.8. The summed E-state index contributed by atoms with van der Waals surface area (Å²) in [7, 11) is 0. The van der Waals surface area contributed by atoms with Crippen molar-refractivity contribution in [1.29, 1.82) is 0 Å². The van der Waals surface area contributed by atoms with Crippen LogP contribution in [0.5, 0.6) is 0 Å². The minimum atomic E-state index is -0.695. The van der Waals surface area contributed by atoms with Crippen LogP contribution in [0.4, 0.5) is 15.9 Å². The van der Waals surface area contributed by atoms with Gasteiger partial charge in [0.2, 0.25) is 0 Å². The molecule has 0 bridgehead atoms. The van der Waals surface area contributed by atoms with Gasteiger partial charge in [0.15, 0.2) is 5.69 Å². The number of hydrogen-bond acceptors (Lipinski definition) is 4. The monoisotopic (exact) mass is 402 g/mol. The first kappa shape index (κ1) is 22.1. The van der Waals surface area contributed by atoms with Gasteiger partial charge in [-0.05, 0) is 36.6 Å². The zero-order chi connectivity index (χ0) is 21.4. The van der Waals surface area contributed by atoms with E-state index in [1.165, 1.54) is 33.8 Å². The Bertz CT molecular complexity index is 977. The Hall–Kier alpha value is -3.16. The fourth-order valence-corrected chi connectivity index (χ4v) is 2.86. The minimum absolute atomic E-state index is 0.0214. The van der Waals surface area contributed by atoms with Crippen molar-refractivity contribution < 1.29 is 9.18 Å². The maximum atomic E-state index is 13.0. The number of carbonyl (C=O) groups excluding carboxylic acids is 1. The first-order valence-corrected chi connectivity index (χ1v) is 9.76. The number of carbonyl (C=O) groups is 1. The van der Waals surface area contributed by atoms with E-state index in [0.717, 1.165) is 12.8 Å². The number of nitrogen functional groups attached to an aromatic ring is 1. The maximum Gasteiger partial charge on any atom is 0.330 e. The van der Waals surface area contributed by atoms with Crippen LogP contribution in [0.15, 0.2) is 39.9 Å². The summed E-state index contributed by atoms with van der Waals surface area (Å²) in [6.45, 7) is 4.58. The third kappa shape index (κ3) is 5.66. The summed E-state index contributed by atoms with van der Waals surface area (Å²) in [6.07, 6.45) is 5.87. The van der Waals surface area contributed by atoms with Gasteiger partial charge < -0.3 is 10.6 Å². The van der Waals surface area contributed by atoms with Crippen molar-refractivity contribution in [1.82, 2.24) is 9.55 Å². The van der Waals surface area contributed by atoms with Crippen LogP contribution in [0.25, 0.3) is 6.08 Å². The highest BCUT2D eigenvalue weighted by Crippen LogP contribution is 2.19. The molecule has 0 radical (unpaired) electrons. The first-order chi connectivity index (χ1) is 13.9. The number of halogens is 1. The second-order valence-electron chi connectivity index (χ2n) is 6.73. The largest absolute Gasteiger partial charge is 0.383 e. The van der Waals surface area contributed by atoms with Crippen molar-refractivity contribution in [3.05, 3.63) is 62.6 Å². The van der Waals surface area contributed by atoms with Gasteiger partial charge >= 0.3 is 5.69 Å². The number of H-pyrrole nitrogens is 1. The van der Waals surface area contributed by atoms with Gasteiger partial charge in [0.25, 0.3) is 11.5 Å². The van der Waals surface area contributed by atoms with E-state index in [-0.39, 0.29) is 23.9 Å². The number of unbranched alkanes of at least 4 members (excludes halogenated alkanes) is 2. The van der Waals surface area contributed by atoms with Gasteiger partial charge in [-0.15, -0.1) is 0 Å². The van der Waals surface area contributed by atoms with E-state index in [0.29, 0.717) is 24.9 Å². The molecule has 0 aliphatic heterocycles. The van der Waals surface area contributed by atoms with Crippen LogP contribution in [-0.2, 0) is 11.3 Å². The Balaban J connectivity index is 2.43. The topological polar surface area (TPSA) is 101 Å². The molecule has 0 saturated carbocycles. The second-order valence-corrected chi connectivity index (χ2v) is 6.73. The molecule has 7 nitrogen and oxygen atoms in total. The summed E-state index contributed by atoms with van der Waals surface area (Å²) in [6, 6.07) is 5.68. The number of anilines is 2. The Kier molecular flexibility index (Phi) is 7.94. The van der Waals surface area contributed by atoms with Crippen molar-refractivity contribution in [3.63, 3.8) is 0 Å². The van der Waals surface area contributed by atoms with Crippen molar-refractivity contribution >= 4 is 23.5 Å². The van der Waals surface area contributed by atoms with Crippen LogP contribution >= 0.6 is 0 Å². The van der Waals surface area contributed by atoms with E-state index in [4.69, 9.17) is 5.73 Å². The standard InChI is InChI=1S/C21H27FN4O3/c1-3-5-13-25(17(27)12-9-15-7-10-16(22)11-8-15)18-19(23)26(14-6-4-2)21(29)24-20(18)28/h7-12H,3-6,13-14,23H2,1-2H3,(H,24,28,29)/b12-9+. The van der Waals surface area contributed by atoms with E-state index < -0.39 is 17.2 Å². The maximum absolute atomic E-state index is 13.0. The average Bonchev–Trinajstić information content (AvgIpc) is 2.69. The third-order valence-electron chi connectivity index (χ3n) is 4.51. The molecule has 1 aromatic carbocycles. The normalized spacial score (nSPS) is 11.1. The molecule has 156 valence electrons. The van der Waals surface area contributed by atoms with Gasteiger partial charge in [0, 0.05) is 19.2 Å². The van der Waals surface area contributed by atoms with Crippen molar-refractivity contribution in [3.8, 4) is 0 Å². The molecule has 29 heavy (non-hydrogen) atoms. The molecule has 0 spiro atoms. The number of hydrogen-bond donors (Lipinski definition) is 2. The lowest BCUT2D eigenvalue weighted by molar-refractivity contribution is -0.114. The molecule has 0 fully saturated rings. The van der Waals surface area contributed by atoms with Gasteiger partial charge in [-0.3, -0.25) is 19.1 Å². The SMILES string of the molecule is CCCCN(C(=O)/C=C/c1ccc(F)cc1)c1c(N)n(CCCC)c(=O)[nH]c1=O. The van der Waals surface area contributed by atoms with E-state index in [1.54, 1.807) is 12.1 Å².